The highest BCUT2D eigenvalue weighted by molar-refractivity contribution is 7.85. The van der Waals surface area contributed by atoms with Crippen LogP contribution in [-0.2, 0) is 16.5 Å². The maximum absolute atomic E-state index is 12.8. The van der Waals surface area contributed by atoms with E-state index in [0.717, 1.165) is 22.3 Å². The average Bonchev–Trinajstić information content (AvgIpc) is 2.62. The zero-order valence-corrected chi connectivity index (χ0v) is 16.0. The molecule has 5 heteroatoms. The maximum Gasteiger partial charge on any atom is 0.294 e. The minimum absolute atomic E-state index is 0.0437. The van der Waals surface area contributed by atoms with Crippen molar-refractivity contribution in [3.8, 4) is 0 Å². The summed E-state index contributed by atoms with van der Waals surface area (Å²) in [4.78, 5) is 12.7. The van der Waals surface area contributed by atoms with Crippen LogP contribution in [0.2, 0.25) is 0 Å². The molecular formula is C22H20O4S. The van der Waals surface area contributed by atoms with Crippen LogP contribution in [0.15, 0.2) is 71.6 Å². The van der Waals surface area contributed by atoms with E-state index < -0.39 is 10.1 Å². The highest BCUT2D eigenvalue weighted by Crippen LogP contribution is 2.21. The second-order valence-corrected chi connectivity index (χ2v) is 8.07. The summed E-state index contributed by atoms with van der Waals surface area (Å²) in [5.74, 6) is -0.0437. The van der Waals surface area contributed by atoms with E-state index in [0.29, 0.717) is 17.5 Å². The normalized spacial score (nSPS) is 11.4. The summed E-state index contributed by atoms with van der Waals surface area (Å²) < 4.78 is 32.2. The van der Waals surface area contributed by atoms with Gasteiger partial charge in [0.1, 0.15) is 0 Å². The molecule has 0 aliphatic carbocycles. The van der Waals surface area contributed by atoms with E-state index in [4.69, 9.17) is 0 Å². The lowest BCUT2D eigenvalue weighted by molar-refractivity contribution is 0.103. The fourth-order valence-electron chi connectivity index (χ4n) is 3.08. The molecule has 0 saturated carbocycles. The molecule has 0 bridgehead atoms. The third kappa shape index (κ3) is 4.51. The van der Waals surface area contributed by atoms with Crippen molar-refractivity contribution in [3.63, 3.8) is 0 Å². The molecule has 1 N–H and O–H groups in total. The average molecular weight is 380 g/mol. The SMILES string of the molecule is Cc1cc(Cc2ccc(C)c(C(=O)c3ccccc3)c2)cc(S(=O)(=O)O)c1. The van der Waals surface area contributed by atoms with Crippen LogP contribution in [0.4, 0.5) is 0 Å². The molecule has 0 aliphatic rings. The first-order chi connectivity index (χ1) is 12.7. The van der Waals surface area contributed by atoms with Crippen LogP contribution in [0.25, 0.3) is 0 Å². The third-order valence-electron chi connectivity index (χ3n) is 4.40. The topological polar surface area (TPSA) is 71.4 Å². The van der Waals surface area contributed by atoms with Gasteiger partial charge in [-0.15, -0.1) is 0 Å². The van der Waals surface area contributed by atoms with E-state index in [1.807, 2.05) is 49.4 Å². The van der Waals surface area contributed by atoms with Crippen LogP contribution in [0, 0.1) is 13.8 Å². The van der Waals surface area contributed by atoms with E-state index >= 15 is 0 Å². The summed E-state index contributed by atoms with van der Waals surface area (Å²) in [6.07, 6.45) is 0.458. The van der Waals surface area contributed by atoms with Crippen molar-refractivity contribution in [3.05, 3.63) is 100 Å². The smallest absolute Gasteiger partial charge is 0.289 e. The fraction of sp³-hybridized carbons (Fsp3) is 0.136. The summed E-state index contributed by atoms with van der Waals surface area (Å²) in [6.45, 7) is 3.67. The molecule has 0 spiro atoms. The van der Waals surface area contributed by atoms with Crippen molar-refractivity contribution in [2.45, 2.75) is 25.2 Å². The Labute approximate surface area is 159 Å². The molecule has 0 saturated heterocycles. The van der Waals surface area contributed by atoms with E-state index in [1.54, 1.807) is 19.1 Å². The molecule has 0 aromatic heterocycles. The molecule has 3 aromatic rings. The number of aryl methyl sites for hydroxylation is 2. The number of ketones is 1. The number of hydrogen-bond acceptors (Lipinski definition) is 3. The van der Waals surface area contributed by atoms with Crippen LogP contribution >= 0.6 is 0 Å². The molecule has 0 unspecified atom stereocenters. The second kappa shape index (κ2) is 7.47. The Hall–Kier alpha value is -2.76. The lowest BCUT2D eigenvalue weighted by Gasteiger charge is -2.10. The van der Waals surface area contributed by atoms with E-state index in [2.05, 4.69) is 0 Å². The molecule has 27 heavy (non-hydrogen) atoms. The van der Waals surface area contributed by atoms with Gasteiger partial charge in [0.15, 0.2) is 5.78 Å². The molecule has 4 nitrogen and oxygen atoms in total. The van der Waals surface area contributed by atoms with Crippen LogP contribution < -0.4 is 0 Å². The monoisotopic (exact) mass is 380 g/mol. The lowest BCUT2D eigenvalue weighted by atomic mass is 9.94. The van der Waals surface area contributed by atoms with Gasteiger partial charge >= 0.3 is 0 Å². The Morgan fingerprint density at radius 1 is 0.889 bits per heavy atom. The largest absolute Gasteiger partial charge is 0.294 e. The van der Waals surface area contributed by atoms with Gasteiger partial charge in [0.2, 0.25) is 0 Å². The summed E-state index contributed by atoms with van der Waals surface area (Å²) >= 11 is 0. The fourth-order valence-corrected chi connectivity index (χ4v) is 3.72. The zero-order chi connectivity index (χ0) is 19.6. The number of carbonyl (C=O) groups excluding carboxylic acids is 1. The predicted molar refractivity (Wildman–Crippen MR) is 105 cm³/mol. The number of hydrogen-bond donors (Lipinski definition) is 1. The van der Waals surface area contributed by atoms with E-state index in [1.165, 1.54) is 12.1 Å². The summed E-state index contributed by atoms with van der Waals surface area (Å²) in [5, 5.41) is 0. The molecule has 0 radical (unpaired) electrons. The second-order valence-electron chi connectivity index (χ2n) is 6.65. The Morgan fingerprint density at radius 2 is 1.59 bits per heavy atom. The van der Waals surface area contributed by atoms with Crippen molar-refractivity contribution < 1.29 is 17.8 Å². The van der Waals surface area contributed by atoms with Crippen molar-refractivity contribution in [2.75, 3.05) is 0 Å². The van der Waals surface area contributed by atoms with Crippen molar-refractivity contribution in [1.29, 1.82) is 0 Å². The molecule has 0 aliphatic heterocycles. The highest BCUT2D eigenvalue weighted by Gasteiger charge is 2.14. The van der Waals surface area contributed by atoms with Crippen molar-refractivity contribution >= 4 is 15.9 Å². The van der Waals surface area contributed by atoms with Gasteiger partial charge in [-0.3, -0.25) is 9.35 Å². The van der Waals surface area contributed by atoms with Gasteiger partial charge in [-0.25, -0.2) is 0 Å². The van der Waals surface area contributed by atoms with Gasteiger partial charge in [-0.05, 0) is 60.7 Å². The molecule has 3 rings (SSSR count). The molecule has 138 valence electrons. The molecule has 0 fully saturated rings. The summed E-state index contributed by atoms with van der Waals surface area (Å²) in [5.41, 5.74) is 4.53. The predicted octanol–water partition coefficient (Wildman–Crippen LogP) is 4.37. The van der Waals surface area contributed by atoms with Gasteiger partial charge in [0, 0.05) is 11.1 Å². The first-order valence-corrected chi connectivity index (χ1v) is 9.95. The Balaban J connectivity index is 1.96. The number of carbonyl (C=O) groups is 1. The van der Waals surface area contributed by atoms with Crippen molar-refractivity contribution in [2.24, 2.45) is 0 Å². The third-order valence-corrected chi connectivity index (χ3v) is 5.23. The summed E-state index contributed by atoms with van der Waals surface area (Å²) in [6, 6.07) is 19.5. The number of benzene rings is 3. The maximum atomic E-state index is 12.8. The van der Waals surface area contributed by atoms with Crippen molar-refractivity contribution in [1.82, 2.24) is 0 Å². The standard InChI is InChI=1S/C22H20O4S/c1-15-10-18(13-20(11-15)27(24,25)26)12-17-9-8-16(2)21(14-17)22(23)19-6-4-3-5-7-19/h3-11,13-14H,12H2,1-2H3,(H,24,25,26). The molecule has 0 amide bonds. The zero-order valence-electron chi connectivity index (χ0n) is 15.1. The Bertz CT molecular complexity index is 1100. The first kappa shape index (κ1) is 19.0. The Kier molecular flexibility index (Phi) is 5.26. The number of rotatable bonds is 5. The molecule has 0 heterocycles. The first-order valence-electron chi connectivity index (χ1n) is 8.51. The quantitative estimate of drug-likeness (QED) is 0.527. The van der Waals surface area contributed by atoms with Crippen LogP contribution in [0.5, 0.6) is 0 Å². The van der Waals surface area contributed by atoms with Gasteiger partial charge in [0.05, 0.1) is 4.90 Å². The van der Waals surface area contributed by atoms with Gasteiger partial charge in [-0.2, -0.15) is 8.42 Å². The van der Waals surface area contributed by atoms with Gasteiger partial charge in [0.25, 0.3) is 10.1 Å². The minimum atomic E-state index is -4.26. The Morgan fingerprint density at radius 3 is 2.26 bits per heavy atom. The van der Waals surface area contributed by atoms with Crippen LogP contribution in [0.3, 0.4) is 0 Å². The molecule has 0 atom stereocenters. The lowest BCUT2D eigenvalue weighted by Crippen LogP contribution is -2.05. The summed E-state index contributed by atoms with van der Waals surface area (Å²) in [7, 11) is -4.26. The molecular weight excluding hydrogens is 360 g/mol. The van der Waals surface area contributed by atoms with Gasteiger partial charge in [-0.1, -0.05) is 48.5 Å². The van der Waals surface area contributed by atoms with E-state index in [9.17, 15) is 17.8 Å². The van der Waals surface area contributed by atoms with Gasteiger partial charge < -0.3 is 0 Å². The molecule has 3 aromatic carbocycles. The minimum Gasteiger partial charge on any atom is -0.289 e. The van der Waals surface area contributed by atoms with Crippen LogP contribution in [-0.4, -0.2) is 18.8 Å². The van der Waals surface area contributed by atoms with E-state index in [-0.39, 0.29) is 10.7 Å². The van der Waals surface area contributed by atoms with Crippen LogP contribution in [0.1, 0.15) is 38.2 Å². The highest BCUT2D eigenvalue weighted by atomic mass is 32.2.